The number of aromatic nitrogens is 3. The van der Waals surface area contributed by atoms with Crippen LogP contribution in [0.1, 0.15) is 5.82 Å². The van der Waals surface area contributed by atoms with Crippen molar-refractivity contribution in [2.24, 2.45) is 0 Å². The first-order valence-electron chi connectivity index (χ1n) is 3.87. The Balaban J connectivity index is 2.50. The molecule has 2 aromatic rings. The molecule has 14 heavy (non-hydrogen) atoms. The molecule has 1 aromatic heterocycles. The summed E-state index contributed by atoms with van der Waals surface area (Å²) in [5, 5.41) is 12.5. The Kier molecular flexibility index (Phi) is 1.95. The van der Waals surface area contributed by atoms with E-state index in [1.165, 1.54) is 35.3 Å². The van der Waals surface area contributed by atoms with E-state index >= 15 is 0 Å². The summed E-state index contributed by atoms with van der Waals surface area (Å²) >= 11 is 0. The predicted molar refractivity (Wildman–Crippen MR) is 46.0 cm³/mol. The SMILES string of the molecule is N#Cc1ncnn1-c1ccc(F)cc1. The van der Waals surface area contributed by atoms with Crippen LogP contribution < -0.4 is 0 Å². The lowest BCUT2D eigenvalue weighted by atomic mass is 10.3. The van der Waals surface area contributed by atoms with Gasteiger partial charge in [-0.3, -0.25) is 0 Å². The Hall–Kier alpha value is -2.22. The molecule has 68 valence electrons. The first-order valence-corrected chi connectivity index (χ1v) is 3.87. The van der Waals surface area contributed by atoms with Gasteiger partial charge in [0.25, 0.3) is 0 Å². The van der Waals surface area contributed by atoms with Crippen LogP contribution in [0.15, 0.2) is 30.6 Å². The molecule has 2 rings (SSSR count). The fourth-order valence-corrected chi connectivity index (χ4v) is 1.09. The molecule has 0 saturated carbocycles. The predicted octanol–water partition coefficient (Wildman–Crippen LogP) is 1.28. The van der Waals surface area contributed by atoms with Crippen LogP contribution in [-0.4, -0.2) is 14.8 Å². The molecule has 0 fully saturated rings. The molecule has 0 spiro atoms. The van der Waals surface area contributed by atoms with Gasteiger partial charge < -0.3 is 0 Å². The second-order valence-electron chi connectivity index (χ2n) is 2.58. The van der Waals surface area contributed by atoms with Gasteiger partial charge in [0, 0.05) is 0 Å². The van der Waals surface area contributed by atoms with Crippen molar-refractivity contribution < 1.29 is 4.39 Å². The smallest absolute Gasteiger partial charge is 0.207 e. The van der Waals surface area contributed by atoms with Gasteiger partial charge in [-0.15, -0.1) is 0 Å². The second kappa shape index (κ2) is 3.26. The molecule has 4 nitrogen and oxygen atoms in total. The van der Waals surface area contributed by atoms with Crippen molar-refractivity contribution in [3.05, 3.63) is 42.2 Å². The first kappa shape index (κ1) is 8.38. The summed E-state index contributed by atoms with van der Waals surface area (Å²) in [6, 6.07) is 7.56. The molecule has 0 unspecified atom stereocenters. The quantitative estimate of drug-likeness (QED) is 0.677. The van der Waals surface area contributed by atoms with E-state index in [0.29, 0.717) is 5.69 Å². The zero-order valence-electron chi connectivity index (χ0n) is 7.05. The van der Waals surface area contributed by atoms with Gasteiger partial charge in [0.1, 0.15) is 18.2 Å². The molecule has 0 aliphatic carbocycles. The number of benzene rings is 1. The third-order valence-corrected chi connectivity index (χ3v) is 1.72. The van der Waals surface area contributed by atoms with E-state index in [0.717, 1.165) is 0 Å². The third kappa shape index (κ3) is 1.33. The van der Waals surface area contributed by atoms with Crippen LogP contribution in [0.4, 0.5) is 4.39 Å². The summed E-state index contributed by atoms with van der Waals surface area (Å²) in [7, 11) is 0. The van der Waals surface area contributed by atoms with Crippen LogP contribution in [0.3, 0.4) is 0 Å². The van der Waals surface area contributed by atoms with Gasteiger partial charge in [-0.25, -0.2) is 14.1 Å². The molecular weight excluding hydrogens is 183 g/mol. The zero-order chi connectivity index (χ0) is 9.97. The molecule has 5 heteroatoms. The van der Waals surface area contributed by atoms with Crippen molar-refractivity contribution in [3.8, 4) is 11.8 Å². The van der Waals surface area contributed by atoms with Gasteiger partial charge in [-0.2, -0.15) is 10.4 Å². The standard InChI is InChI=1S/C9H5FN4/c10-7-1-3-8(4-2-7)14-9(5-11)12-6-13-14/h1-4,6H. The average Bonchev–Trinajstić information content (AvgIpc) is 2.67. The Labute approximate surface area is 79.2 Å². The maximum atomic E-state index is 12.6. The molecule has 1 aromatic carbocycles. The van der Waals surface area contributed by atoms with Crippen LogP contribution in [-0.2, 0) is 0 Å². The minimum absolute atomic E-state index is 0.177. The summed E-state index contributed by atoms with van der Waals surface area (Å²) < 4.78 is 13.9. The molecule has 0 radical (unpaired) electrons. The van der Waals surface area contributed by atoms with Gasteiger partial charge in [0.15, 0.2) is 0 Å². The zero-order valence-corrected chi connectivity index (χ0v) is 7.05. The molecule has 0 bridgehead atoms. The number of nitriles is 1. The third-order valence-electron chi connectivity index (χ3n) is 1.72. The first-order chi connectivity index (χ1) is 6.81. The van der Waals surface area contributed by atoms with E-state index in [9.17, 15) is 4.39 Å². The van der Waals surface area contributed by atoms with E-state index in [2.05, 4.69) is 10.1 Å². The lowest BCUT2D eigenvalue weighted by molar-refractivity contribution is 0.627. The van der Waals surface area contributed by atoms with Crippen molar-refractivity contribution in [2.45, 2.75) is 0 Å². The molecule has 0 saturated heterocycles. The van der Waals surface area contributed by atoms with E-state index in [-0.39, 0.29) is 11.6 Å². The van der Waals surface area contributed by atoms with Crippen molar-refractivity contribution in [3.63, 3.8) is 0 Å². The summed E-state index contributed by atoms with van der Waals surface area (Å²) in [6.45, 7) is 0. The topological polar surface area (TPSA) is 54.5 Å². The largest absolute Gasteiger partial charge is 0.235 e. The molecule has 0 atom stereocenters. The number of hydrogen-bond acceptors (Lipinski definition) is 3. The van der Waals surface area contributed by atoms with Gasteiger partial charge in [-0.1, -0.05) is 0 Å². The minimum Gasteiger partial charge on any atom is -0.207 e. The second-order valence-corrected chi connectivity index (χ2v) is 2.58. The average molecular weight is 188 g/mol. The Morgan fingerprint density at radius 3 is 2.64 bits per heavy atom. The summed E-state index contributed by atoms with van der Waals surface area (Å²) in [5.74, 6) is -0.149. The lowest BCUT2D eigenvalue weighted by Crippen LogP contribution is -1.99. The van der Waals surface area contributed by atoms with Crippen LogP contribution in [0.2, 0.25) is 0 Å². The Morgan fingerprint density at radius 2 is 2.00 bits per heavy atom. The van der Waals surface area contributed by atoms with Crippen LogP contribution in [0.5, 0.6) is 0 Å². The highest BCUT2D eigenvalue weighted by Gasteiger charge is 2.04. The molecular formula is C9H5FN4. The normalized spacial score (nSPS) is 9.71. The highest BCUT2D eigenvalue weighted by Crippen LogP contribution is 2.08. The van der Waals surface area contributed by atoms with Gasteiger partial charge in [-0.05, 0) is 24.3 Å². The Morgan fingerprint density at radius 1 is 1.29 bits per heavy atom. The molecule has 0 amide bonds. The molecule has 1 heterocycles. The maximum Gasteiger partial charge on any atom is 0.235 e. The van der Waals surface area contributed by atoms with Gasteiger partial charge in [0.05, 0.1) is 5.69 Å². The van der Waals surface area contributed by atoms with E-state index in [1.807, 2.05) is 6.07 Å². The monoisotopic (exact) mass is 188 g/mol. The minimum atomic E-state index is -0.327. The van der Waals surface area contributed by atoms with Gasteiger partial charge >= 0.3 is 0 Å². The van der Waals surface area contributed by atoms with Crippen LogP contribution >= 0.6 is 0 Å². The molecule has 0 aliphatic rings. The van der Waals surface area contributed by atoms with E-state index < -0.39 is 0 Å². The van der Waals surface area contributed by atoms with Crippen molar-refractivity contribution >= 4 is 0 Å². The van der Waals surface area contributed by atoms with Gasteiger partial charge in [0.2, 0.25) is 5.82 Å². The lowest BCUT2D eigenvalue weighted by Gasteiger charge is -1.99. The van der Waals surface area contributed by atoms with Crippen LogP contribution in [0.25, 0.3) is 5.69 Å². The summed E-state index contributed by atoms with van der Waals surface area (Å²) in [4.78, 5) is 3.73. The number of hydrogen-bond donors (Lipinski definition) is 0. The van der Waals surface area contributed by atoms with Crippen molar-refractivity contribution in [1.29, 1.82) is 5.26 Å². The van der Waals surface area contributed by atoms with E-state index in [1.54, 1.807) is 0 Å². The number of halogens is 1. The van der Waals surface area contributed by atoms with E-state index in [4.69, 9.17) is 5.26 Å². The maximum absolute atomic E-state index is 12.6. The molecule has 0 N–H and O–H groups in total. The summed E-state index contributed by atoms with van der Waals surface area (Å²) in [6.07, 6.45) is 1.28. The van der Waals surface area contributed by atoms with Crippen molar-refractivity contribution in [1.82, 2.24) is 14.8 Å². The van der Waals surface area contributed by atoms with Crippen molar-refractivity contribution in [2.75, 3.05) is 0 Å². The molecule has 0 aliphatic heterocycles. The highest BCUT2D eigenvalue weighted by molar-refractivity contribution is 5.33. The summed E-state index contributed by atoms with van der Waals surface area (Å²) in [5.41, 5.74) is 0.612. The van der Waals surface area contributed by atoms with Crippen LogP contribution in [0, 0.1) is 17.1 Å². The highest BCUT2D eigenvalue weighted by atomic mass is 19.1. The number of rotatable bonds is 1. The number of nitrogens with zero attached hydrogens (tertiary/aromatic N) is 4. The Bertz CT molecular complexity index is 480. The fraction of sp³-hybridized carbons (Fsp3) is 0. The fourth-order valence-electron chi connectivity index (χ4n) is 1.09.